The highest BCUT2D eigenvalue weighted by Crippen LogP contribution is 1.96. The number of primary amides is 1. The van der Waals surface area contributed by atoms with Gasteiger partial charge in [-0.2, -0.15) is 0 Å². The summed E-state index contributed by atoms with van der Waals surface area (Å²) in [6.45, 7) is 1.96. The number of hydrogen-bond donors (Lipinski definition) is 3. The second-order valence-corrected chi connectivity index (χ2v) is 3.29. The summed E-state index contributed by atoms with van der Waals surface area (Å²) in [5.41, 5.74) is 10.3. The Labute approximate surface area is 89.6 Å². The lowest BCUT2D eigenvalue weighted by Crippen LogP contribution is -2.46. The van der Waals surface area contributed by atoms with Gasteiger partial charge in [0.2, 0.25) is 11.8 Å². The first kappa shape index (κ1) is 13.5. The molecule has 0 saturated heterocycles. The molecule has 0 fully saturated rings. The molecule has 2 amide bonds. The number of carbonyl (C=O) groups excluding carboxylic acids is 2. The standard InChI is InChI=1S/C10H17N3O2/c1-3-5-7(4-2)13-10(15)8(11)6-9(12)14/h2,7-8H,3,5-6,11H2,1H3,(H2,12,14)(H,13,15). The topological polar surface area (TPSA) is 98.2 Å². The molecule has 0 aromatic carbocycles. The number of nitrogens with one attached hydrogen (secondary N) is 1. The Morgan fingerprint density at radius 1 is 1.53 bits per heavy atom. The molecule has 0 aliphatic carbocycles. The van der Waals surface area contributed by atoms with Crippen LogP contribution in [0.5, 0.6) is 0 Å². The summed E-state index contributed by atoms with van der Waals surface area (Å²) < 4.78 is 0. The van der Waals surface area contributed by atoms with Gasteiger partial charge in [-0.3, -0.25) is 9.59 Å². The zero-order chi connectivity index (χ0) is 11.8. The van der Waals surface area contributed by atoms with E-state index in [0.29, 0.717) is 6.42 Å². The predicted octanol–water partition coefficient (Wildman–Crippen LogP) is -0.893. The molecule has 0 saturated carbocycles. The van der Waals surface area contributed by atoms with Crippen molar-refractivity contribution in [3.8, 4) is 12.3 Å². The number of nitrogens with two attached hydrogens (primary N) is 2. The molecule has 0 aliphatic heterocycles. The van der Waals surface area contributed by atoms with E-state index in [9.17, 15) is 9.59 Å². The molecule has 15 heavy (non-hydrogen) atoms. The molecule has 0 aliphatic rings. The van der Waals surface area contributed by atoms with Gasteiger partial charge in [0, 0.05) is 0 Å². The van der Waals surface area contributed by atoms with Crippen LogP contribution in [0.15, 0.2) is 0 Å². The van der Waals surface area contributed by atoms with E-state index in [1.807, 2.05) is 6.92 Å². The van der Waals surface area contributed by atoms with E-state index in [0.717, 1.165) is 6.42 Å². The Morgan fingerprint density at radius 3 is 2.53 bits per heavy atom. The lowest BCUT2D eigenvalue weighted by molar-refractivity contribution is -0.126. The molecule has 0 radical (unpaired) electrons. The van der Waals surface area contributed by atoms with Gasteiger partial charge in [-0.05, 0) is 6.42 Å². The van der Waals surface area contributed by atoms with Crippen LogP contribution in [0.1, 0.15) is 26.2 Å². The second-order valence-electron chi connectivity index (χ2n) is 3.29. The highest BCUT2D eigenvalue weighted by Gasteiger charge is 2.18. The Bertz CT molecular complexity index is 270. The molecule has 0 bridgehead atoms. The zero-order valence-electron chi connectivity index (χ0n) is 8.82. The van der Waals surface area contributed by atoms with Gasteiger partial charge in [0.1, 0.15) is 0 Å². The Kier molecular flexibility index (Phi) is 6.14. The first-order valence-electron chi connectivity index (χ1n) is 4.81. The van der Waals surface area contributed by atoms with E-state index < -0.39 is 17.9 Å². The van der Waals surface area contributed by atoms with Gasteiger partial charge in [-0.15, -0.1) is 6.42 Å². The maximum Gasteiger partial charge on any atom is 0.238 e. The lowest BCUT2D eigenvalue weighted by atomic mass is 10.1. The summed E-state index contributed by atoms with van der Waals surface area (Å²) in [6, 6.07) is -1.25. The minimum Gasteiger partial charge on any atom is -0.370 e. The van der Waals surface area contributed by atoms with Crippen molar-refractivity contribution in [2.24, 2.45) is 11.5 Å². The smallest absolute Gasteiger partial charge is 0.238 e. The van der Waals surface area contributed by atoms with Crippen LogP contribution >= 0.6 is 0 Å². The van der Waals surface area contributed by atoms with Crippen molar-refractivity contribution < 1.29 is 9.59 Å². The highest BCUT2D eigenvalue weighted by molar-refractivity contribution is 5.87. The molecule has 0 spiro atoms. The van der Waals surface area contributed by atoms with Crippen molar-refractivity contribution in [2.75, 3.05) is 0 Å². The molecule has 0 aromatic rings. The van der Waals surface area contributed by atoms with Crippen LogP contribution in [-0.4, -0.2) is 23.9 Å². The summed E-state index contributed by atoms with van der Waals surface area (Å²) >= 11 is 0. The summed E-state index contributed by atoms with van der Waals surface area (Å²) in [4.78, 5) is 21.9. The van der Waals surface area contributed by atoms with Gasteiger partial charge >= 0.3 is 0 Å². The maximum atomic E-state index is 11.4. The van der Waals surface area contributed by atoms with Crippen LogP contribution in [0.3, 0.4) is 0 Å². The van der Waals surface area contributed by atoms with Crippen molar-refractivity contribution in [3.63, 3.8) is 0 Å². The van der Waals surface area contributed by atoms with E-state index in [4.69, 9.17) is 17.9 Å². The van der Waals surface area contributed by atoms with Crippen LogP contribution in [0, 0.1) is 12.3 Å². The average molecular weight is 211 g/mol. The van der Waals surface area contributed by atoms with Gasteiger partial charge in [0.25, 0.3) is 0 Å². The Balaban J connectivity index is 4.11. The summed E-state index contributed by atoms with van der Waals surface area (Å²) in [5, 5.41) is 2.56. The van der Waals surface area contributed by atoms with Crippen LogP contribution in [0.2, 0.25) is 0 Å². The highest BCUT2D eigenvalue weighted by atomic mass is 16.2. The van der Waals surface area contributed by atoms with Crippen LogP contribution in [-0.2, 0) is 9.59 Å². The molecule has 0 aromatic heterocycles. The lowest BCUT2D eigenvalue weighted by Gasteiger charge is -2.15. The number of rotatable bonds is 6. The fraction of sp³-hybridized carbons (Fsp3) is 0.600. The summed E-state index contributed by atoms with van der Waals surface area (Å²) in [5.74, 6) is 1.39. The van der Waals surface area contributed by atoms with Crippen molar-refractivity contribution in [1.29, 1.82) is 0 Å². The third kappa shape index (κ3) is 5.70. The van der Waals surface area contributed by atoms with Crippen LogP contribution in [0.4, 0.5) is 0 Å². The van der Waals surface area contributed by atoms with E-state index in [1.54, 1.807) is 0 Å². The van der Waals surface area contributed by atoms with Crippen LogP contribution in [0.25, 0.3) is 0 Å². The van der Waals surface area contributed by atoms with Crippen LogP contribution < -0.4 is 16.8 Å². The molecular formula is C10H17N3O2. The minimum atomic E-state index is -0.921. The number of carbonyl (C=O) groups is 2. The molecule has 0 rings (SSSR count). The van der Waals surface area contributed by atoms with Crippen molar-refractivity contribution >= 4 is 11.8 Å². The second kappa shape index (κ2) is 6.85. The van der Waals surface area contributed by atoms with Gasteiger partial charge in [-0.25, -0.2) is 0 Å². The number of terminal acetylenes is 1. The van der Waals surface area contributed by atoms with E-state index in [2.05, 4.69) is 11.2 Å². The monoisotopic (exact) mass is 211 g/mol. The molecule has 2 atom stereocenters. The Hall–Kier alpha value is -1.54. The number of hydrogen-bond acceptors (Lipinski definition) is 3. The fourth-order valence-corrected chi connectivity index (χ4v) is 1.07. The normalized spacial score (nSPS) is 13.7. The molecule has 84 valence electrons. The van der Waals surface area contributed by atoms with E-state index >= 15 is 0 Å². The molecule has 5 N–H and O–H groups in total. The van der Waals surface area contributed by atoms with Gasteiger partial charge in [-0.1, -0.05) is 19.3 Å². The Morgan fingerprint density at radius 2 is 2.13 bits per heavy atom. The molecule has 2 unspecified atom stereocenters. The third-order valence-corrected chi connectivity index (χ3v) is 1.85. The van der Waals surface area contributed by atoms with Gasteiger partial charge in [0.15, 0.2) is 0 Å². The fourth-order valence-electron chi connectivity index (χ4n) is 1.07. The summed E-state index contributed by atoms with van der Waals surface area (Å²) in [7, 11) is 0. The quantitative estimate of drug-likeness (QED) is 0.497. The molecule has 5 heteroatoms. The largest absolute Gasteiger partial charge is 0.370 e. The molecule has 0 heterocycles. The minimum absolute atomic E-state index is 0.171. The first-order chi connectivity index (χ1) is 7.01. The first-order valence-corrected chi connectivity index (χ1v) is 4.81. The zero-order valence-corrected chi connectivity index (χ0v) is 8.82. The summed E-state index contributed by atoms with van der Waals surface area (Å²) in [6.07, 6.45) is 6.59. The predicted molar refractivity (Wildman–Crippen MR) is 57.5 cm³/mol. The van der Waals surface area contributed by atoms with Crippen molar-refractivity contribution in [3.05, 3.63) is 0 Å². The molecular weight excluding hydrogens is 194 g/mol. The van der Waals surface area contributed by atoms with Crippen molar-refractivity contribution in [1.82, 2.24) is 5.32 Å². The van der Waals surface area contributed by atoms with Gasteiger partial charge < -0.3 is 16.8 Å². The van der Waals surface area contributed by atoms with Crippen molar-refractivity contribution in [2.45, 2.75) is 38.3 Å². The van der Waals surface area contributed by atoms with E-state index in [-0.39, 0.29) is 12.5 Å². The SMILES string of the molecule is C#CC(CCC)NC(=O)C(N)CC(N)=O. The van der Waals surface area contributed by atoms with Gasteiger partial charge in [0.05, 0.1) is 18.5 Å². The average Bonchev–Trinajstić information content (AvgIpc) is 2.15. The van der Waals surface area contributed by atoms with E-state index in [1.165, 1.54) is 0 Å². The number of amides is 2. The maximum absolute atomic E-state index is 11.4. The molecule has 5 nitrogen and oxygen atoms in total. The third-order valence-electron chi connectivity index (χ3n) is 1.85.